The van der Waals surface area contributed by atoms with Gasteiger partial charge in [0.25, 0.3) is 5.91 Å². The number of carbonyl (C=O) groups excluding carboxylic acids is 1. The average molecular weight is 435 g/mol. The van der Waals surface area contributed by atoms with Gasteiger partial charge in [-0.25, -0.2) is 8.42 Å². The fourth-order valence-corrected chi connectivity index (χ4v) is 4.45. The number of sulfonamides is 1. The van der Waals surface area contributed by atoms with E-state index in [0.717, 1.165) is 30.3 Å². The normalized spacial score (nSPS) is 12.2. The van der Waals surface area contributed by atoms with Crippen molar-refractivity contribution in [3.05, 3.63) is 58.6 Å². The summed E-state index contributed by atoms with van der Waals surface area (Å²) >= 11 is 6.02. The van der Waals surface area contributed by atoms with Crippen molar-refractivity contribution in [1.29, 1.82) is 0 Å². The SMILES string of the molecule is CCN(CC)S(=O)(=O)c1cc(C(=O)Nc2ccc(C(F)(F)F)cc2)ccc1Cl. The maximum Gasteiger partial charge on any atom is 0.416 e. The molecule has 2 aromatic carbocycles. The Morgan fingerprint density at radius 1 is 1.07 bits per heavy atom. The quantitative estimate of drug-likeness (QED) is 0.720. The molecule has 0 bridgehead atoms. The van der Waals surface area contributed by atoms with Crippen LogP contribution in [0.1, 0.15) is 29.8 Å². The van der Waals surface area contributed by atoms with Crippen molar-refractivity contribution in [3.8, 4) is 0 Å². The Morgan fingerprint density at radius 3 is 2.14 bits per heavy atom. The van der Waals surface area contributed by atoms with Crippen LogP contribution in [-0.4, -0.2) is 31.7 Å². The van der Waals surface area contributed by atoms with Crippen LogP contribution in [0.15, 0.2) is 47.4 Å². The summed E-state index contributed by atoms with van der Waals surface area (Å²) in [5.41, 5.74) is -0.694. The predicted molar refractivity (Wildman–Crippen MR) is 101 cm³/mol. The Balaban J connectivity index is 2.30. The van der Waals surface area contributed by atoms with E-state index in [-0.39, 0.29) is 34.3 Å². The third-order valence-electron chi connectivity index (χ3n) is 3.99. The van der Waals surface area contributed by atoms with Gasteiger partial charge in [-0.2, -0.15) is 17.5 Å². The summed E-state index contributed by atoms with van der Waals surface area (Å²) in [6, 6.07) is 7.69. The number of anilines is 1. The number of rotatable bonds is 6. The lowest BCUT2D eigenvalue weighted by Gasteiger charge is -2.19. The molecule has 0 atom stereocenters. The maximum atomic E-state index is 12.7. The van der Waals surface area contributed by atoms with Gasteiger partial charge in [0.15, 0.2) is 0 Å². The molecule has 0 unspecified atom stereocenters. The molecular formula is C18H18ClF3N2O3S. The van der Waals surface area contributed by atoms with Gasteiger partial charge in [0.2, 0.25) is 10.0 Å². The van der Waals surface area contributed by atoms with E-state index >= 15 is 0 Å². The van der Waals surface area contributed by atoms with Crippen molar-refractivity contribution in [2.75, 3.05) is 18.4 Å². The van der Waals surface area contributed by atoms with Crippen molar-refractivity contribution < 1.29 is 26.4 Å². The van der Waals surface area contributed by atoms with Crippen LogP contribution in [0.4, 0.5) is 18.9 Å². The minimum absolute atomic E-state index is 0.00929. The number of carbonyl (C=O) groups is 1. The Bertz CT molecular complexity index is 957. The van der Waals surface area contributed by atoms with Gasteiger partial charge in [-0.1, -0.05) is 25.4 Å². The highest BCUT2D eigenvalue weighted by molar-refractivity contribution is 7.89. The van der Waals surface area contributed by atoms with Crippen molar-refractivity contribution in [2.24, 2.45) is 0 Å². The van der Waals surface area contributed by atoms with Gasteiger partial charge in [0.05, 0.1) is 10.6 Å². The molecule has 0 saturated heterocycles. The summed E-state index contributed by atoms with van der Waals surface area (Å²) in [5, 5.41) is 2.40. The Morgan fingerprint density at radius 2 is 1.64 bits per heavy atom. The van der Waals surface area contributed by atoms with E-state index in [2.05, 4.69) is 5.32 Å². The molecule has 0 spiro atoms. The third kappa shape index (κ3) is 4.84. The fourth-order valence-electron chi connectivity index (χ4n) is 2.49. The zero-order valence-corrected chi connectivity index (χ0v) is 16.6. The number of hydrogen-bond acceptors (Lipinski definition) is 3. The lowest BCUT2D eigenvalue weighted by Crippen LogP contribution is -2.31. The first-order chi connectivity index (χ1) is 13.0. The molecular weight excluding hydrogens is 417 g/mol. The van der Waals surface area contributed by atoms with Crippen LogP contribution in [0.25, 0.3) is 0 Å². The summed E-state index contributed by atoms with van der Waals surface area (Å²) in [7, 11) is -3.89. The van der Waals surface area contributed by atoms with Crippen molar-refractivity contribution in [1.82, 2.24) is 4.31 Å². The van der Waals surface area contributed by atoms with Gasteiger partial charge in [-0.05, 0) is 42.5 Å². The van der Waals surface area contributed by atoms with Crippen LogP contribution in [0.3, 0.4) is 0 Å². The summed E-state index contributed by atoms with van der Waals surface area (Å²) in [6.45, 7) is 3.82. The molecule has 0 aliphatic rings. The standard InChI is InChI=1S/C18H18ClF3N2O3S/c1-3-24(4-2)28(26,27)16-11-12(5-10-15(16)19)17(25)23-14-8-6-13(7-9-14)18(20,21)22/h5-11H,3-4H2,1-2H3,(H,23,25). The molecule has 28 heavy (non-hydrogen) atoms. The highest BCUT2D eigenvalue weighted by atomic mass is 35.5. The molecule has 0 fully saturated rings. The van der Waals surface area contributed by atoms with E-state index in [9.17, 15) is 26.4 Å². The Kier molecular flexibility index (Phi) is 6.74. The molecule has 0 aromatic heterocycles. The minimum Gasteiger partial charge on any atom is -0.322 e. The molecule has 152 valence electrons. The van der Waals surface area contributed by atoms with Crippen molar-refractivity contribution >= 4 is 33.2 Å². The van der Waals surface area contributed by atoms with Gasteiger partial charge in [-0.15, -0.1) is 0 Å². The monoisotopic (exact) mass is 434 g/mol. The van der Waals surface area contributed by atoms with Crippen LogP contribution in [0.5, 0.6) is 0 Å². The van der Waals surface area contributed by atoms with Crippen molar-refractivity contribution in [2.45, 2.75) is 24.9 Å². The van der Waals surface area contributed by atoms with E-state index in [1.54, 1.807) is 13.8 Å². The second-order valence-corrected chi connectivity index (χ2v) is 8.08. The molecule has 0 radical (unpaired) electrons. The fraction of sp³-hybridized carbons (Fsp3) is 0.278. The lowest BCUT2D eigenvalue weighted by molar-refractivity contribution is -0.137. The zero-order valence-electron chi connectivity index (χ0n) is 15.0. The van der Waals surface area contributed by atoms with Crippen LogP contribution < -0.4 is 5.32 Å². The van der Waals surface area contributed by atoms with Gasteiger partial charge in [-0.3, -0.25) is 4.79 Å². The number of hydrogen-bond donors (Lipinski definition) is 1. The smallest absolute Gasteiger partial charge is 0.322 e. The number of nitrogens with one attached hydrogen (secondary N) is 1. The molecule has 0 aliphatic carbocycles. The van der Waals surface area contributed by atoms with Gasteiger partial charge < -0.3 is 5.32 Å². The molecule has 1 N–H and O–H groups in total. The molecule has 0 aliphatic heterocycles. The van der Waals surface area contributed by atoms with Crippen LogP contribution in [0, 0.1) is 0 Å². The number of benzene rings is 2. The lowest BCUT2D eigenvalue weighted by atomic mass is 10.1. The largest absolute Gasteiger partial charge is 0.416 e. The first-order valence-electron chi connectivity index (χ1n) is 8.29. The van der Waals surface area contributed by atoms with Crippen LogP contribution in [0.2, 0.25) is 5.02 Å². The highest BCUT2D eigenvalue weighted by Crippen LogP contribution is 2.30. The summed E-state index contributed by atoms with van der Waals surface area (Å²) in [5.74, 6) is -0.674. The van der Waals surface area contributed by atoms with E-state index in [1.807, 2.05) is 0 Å². The predicted octanol–water partition coefficient (Wildman–Crippen LogP) is 4.64. The topological polar surface area (TPSA) is 66.5 Å². The van der Waals surface area contributed by atoms with Gasteiger partial charge >= 0.3 is 6.18 Å². The molecule has 1 amide bonds. The van der Waals surface area contributed by atoms with E-state index in [4.69, 9.17) is 11.6 Å². The zero-order chi connectivity index (χ0) is 21.1. The van der Waals surface area contributed by atoms with E-state index < -0.39 is 27.7 Å². The summed E-state index contributed by atoms with van der Waals surface area (Å²) < 4.78 is 64.4. The maximum absolute atomic E-state index is 12.7. The molecule has 2 aromatic rings. The molecule has 2 rings (SSSR count). The second-order valence-electron chi connectivity index (χ2n) is 5.76. The molecule has 10 heteroatoms. The number of alkyl halides is 3. The number of nitrogens with zero attached hydrogens (tertiary/aromatic N) is 1. The number of amides is 1. The van der Waals surface area contributed by atoms with Gasteiger partial charge in [0.1, 0.15) is 4.90 Å². The van der Waals surface area contributed by atoms with E-state index in [0.29, 0.717) is 0 Å². The molecule has 5 nitrogen and oxygen atoms in total. The number of halogens is 4. The first kappa shape index (κ1) is 22.2. The van der Waals surface area contributed by atoms with Gasteiger partial charge in [0, 0.05) is 24.3 Å². The summed E-state index contributed by atoms with van der Waals surface area (Å²) in [6.07, 6.45) is -4.48. The third-order valence-corrected chi connectivity index (χ3v) is 6.52. The highest BCUT2D eigenvalue weighted by Gasteiger charge is 2.30. The Labute approximate surface area is 166 Å². The molecule has 0 saturated carbocycles. The Hall–Kier alpha value is -2.10. The van der Waals surface area contributed by atoms with Crippen molar-refractivity contribution in [3.63, 3.8) is 0 Å². The molecule has 0 heterocycles. The minimum atomic E-state index is -4.48. The first-order valence-corrected chi connectivity index (χ1v) is 10.1. The summed E-state index contributed by atoms with van der Waals surface area (Å²) in [4.78, 5) is 12.2. The van der Waals surface area contributed by atoms with E-state index in [1.165, 1.54) is 16.4 Å². The van der Waals surface area contributed by atoms with Crippen LogP contribution in [-0.2, 0) is 16.2 Å². The second kappa shape index (κ2) is 8.50. The average Bonchev–Trinajstić information content (AvgIpc) is 2.62. The van der Waals surface area contributed by atoms with Crippen LogP contribution >= 0.6 is 11.6 Å².